The van der Waals surface area contributed by atoms with Gasteiger partial charge >= 0.3 is 11.4 Å². The second-order valence-electron chi connectivity index (χ2n) is 8.22. The minimum Gasteiger partial charge on any atom is -0.494 e. The van der Waals surface area contributed by atoms with Gasteiger partial charge in [0.2, 0.25) is 5.88 Å². The second kappa shape index (κ2) is 7.83. The molecule has 11 heteroatoms. The summed E-state index contributed by atoms with van der Waals surface area (Å²) in [5, 5.41) is 10.4. The Hall–Kier alpha value is -3.60. The molecule has 4 rings (SSSR count). The van der Waals surface area contributed by atoms with Crippen molar-refractivity contribution in [3.05, 3.63) is 49.0 Å². The summed E-state index contributed by atoms with van der Waals surface area (Å²) in [7, 11) is 8.23. The van der Waals surface area contributed by atoms with Crippen LogP contribution in [0, 0.1) is 0 Å². The number of nitrogens with zero attached hydrogens (tertiary/aromatic N) is 7. The number of hydrogen-bond acceptors (Lipinski definition) is 7. The van der Waals surface area contributed by atoms with Gasteiger partial charge < -0.3 is 14.9 Å². The van der Waals surface area contributed by atoms with Gasteiger partial charge in [0.05, 0.1) is 22.4 Å². The number of rotatable bonds is 3. The van der Waals surface area contributed by atoms with Crippen LogP contribution in [0.15, 0.2) is 31.5 Å². The van der Waals surface area contributed by atoms with Crippen molar-refractivity contribution in [2.24, 2.45) is 33.2 Å². The van der Waals surface area contributed by atoms with Crippen LogP contribution < -0.4 is 21.8 Å². The van der Waals surface area contributed by atoms with Crippen molar-refractivity contribution in [1.29, 1.82) is 0 Å². The molecule has 1 aromatic carbocycles. The van der Waals surface area contributed by atoms with E-state index in [-0.39, 0.29) is 11.3 Å². The standard InChI is InChI=1S/C21H27N7O4/c1-23-6-8-28(9-7-23)15-11-17-16(24(2)20(31)25(17)3)10-14(15)22-12-13-18(29)26(4)21(32)27(5)19(13)30/h10-12,29H,6-9H2,1-5H3. The smallest absolute Gasteiger partial charge is 0.333 e. The van der Waals surface area contributed by atoms with Gasteiger partial charge in [-0.3, -0.25) is 28.1 Å². The predicted octanol–water partition coefficient (Wildman–Crippen LogP) is -0.518. The Morgan fingerprint density at radius 3 is 2.00 bits per heavy atom. The molecule has 0 aliphatic carbocycles. The molecular formula is C21H27N7O4. The van der Waals surface area contributed by atoms with Crippen LogP contribution in [0.4, 0.5) is 11.4 Å². The van der Waals surface area contributed by atoms with Crippen molar-refractivity contribution >= 4 is 28.6 Å². The van der Waals surface area contributed by atoms with Crippen molar-refractivity contribution in [1.82, 2.24) is 23.2 Å². The minimum atomic E-state index is -0.635. The lowest BCUT2D eigenvalue weighted by atomic mass is 10.2. The summed E-state index contributed by atoms with van der Waals surface area (Å²) >= 11 is 0. The molecule has 1 aliphatic rings. The van der Waals surface area contributed by atoms with E-state index in [1.807, 2.05) is 12.1 Å². The summed E-state index contributed by atoms with van der Waals surface area (Å²) in [4.78, 5) is 46.0. The van der Waals surface area contributed by atoms with E-state index in [0.717, 1.165) is 46.5 Å². The first-order valence-electron chi connectivity index (χ1n) is 10.3. The number of likely N-dealkylation sites (N-methyl/N-ethyl adjacent to an activating group) is 1. The van der Waals surface area contributed by atoms with Crippen LogP contribution in [-0.4, -0.2) is 67.7 Å². The van der Waals surface area contributed by atoms with Crippen LogP contribution >= 0.6 is 0 Å². The van der Waals surface area contributed by atoms with E-state index in [9.17, 15) is 19.5 Å². The molecule has 2 aromatic heterocycles. The number of benzene rings is 1. The molecular weight excluding hydrogens is 414 g/mol. The third-order valence-electron chi connectivity index (χ3n) is 6.21. The molecule has 0 unspecified atom stereocenters. The molecule has 0 radical (unpaired) electrons. The fraction of sp³-hybridized carbons (Fsp3) is 0.429. The van der Waals surface area contributed by atoms with E-state index in [1.165, 1.54) is 20.3 Å². The molecule has 32 heavy (non-hydrogen) atoms. The van der Waals surface area contributed by atoms with Crippen LogP contribution in [0.2, 0.25) is 0 Å². The molecule has 0 atom stereocenters. The van der Waals surface area contributed by atoms with Crippen molar-refractivity contribution in [2.45, 2.75) is 0 Å². The highest BCUT2D eigenvalue weighted by Gasteiger charge is 2.20. The summed E-state index contributed by atoms with van der Waals surface area (Å²) in [5.74, 6) is -0.448. The van der Waals surface area contributed by atoms with Gasteiger partial charge in [-0.15, -0.1) is 0 Å². The maximum absolute atomic E-state index is 12.6. The van der Waals surface area contributed by atoms with Crippen LogP contribution in [0.25, 0.3) is 11.0 Å². The fourth-order valence-corrected chi connectivity index (χ4v) is 4.03. The van der Waals surface area contributed by atoms with Crippen molar-refractivity contribution < 1.29 is 5.11 Å². The lowest BCUT2D eigenvalue weighted by molar-refractivity contribution is 0.313. The number of aromatic hydroxyl groups is 1. The van der Waals surface area contributed by atoms with Gasteiger partial charge in [0, 0.05) is 60.6 Å². The zero-order valence-corrected chi connectivity index (χ0v) is 18.9. The topological polar surface area (TPSA) is 110 Å². The maximum Gasteiger partial charge on any atom is 0.333 e. The van der Waals surface area contributed by atoms with Crippen molar-refractivity contribution in [3.8, 4) is 5.88 Å². The first-order chi connectivity index (χ1) is 15.1. The predicted molar refractivity (Wildman–Crippen MR) is 124 cm³/mol. The normalized spacial score (nSPS) is 15.3. The molecule has 0 spiro atoms. The van der Waals surface area contributed by atoms with Crippen LogP contribution in [0.3, 0.4) is 0 Å². The summed E-state index contributed by atoms with van der Waals surface area (Å²) in [6, 6.07) is 3.75. The molecule has 3 aromatic rings. The van der Waals surface area contributed by atoms with Gasteiger partial charge in [0.25, 0.3) is 5.56 Å². The molecule has 11 nitrogen and oxygen atoms in total. The summed E-state index contributed by atoms with van der Waals surface area (Å²) in [5.41, 5.74) is 1.41. The number of fused-ring (bicyclic) bond motifs is 1. The SMILES string of the molecule is CN1CCN(c2cc3c(cc2N=Cc2c(O)n(C)c(=O)n(C)c2=O)n(C)c(=O)n3C)CC1. The zero-order valence-electron chi connectivity index (χ0n) is 18.9. The second-order valence-corrected chi connectivity index (χ2v) is 8.22. The van der Waals surface area contributed by atoms with E-state index in [2.05, 4.69) is 21.8 Å². The van der Waals surface area contributed by atoms with Crippen LogP contribution in [-0.2, 0) is 28.2 Å². The molecule has 3 heterocycles. The molecule has 1 fully saturated rings. The van der Waals surface area contributed by atoms with Gasteiger partial charge in [-0.2, -0.15) is 0 Å². The van der Waals surface area contributed by atoms with E-state index < -0.39 is 17.1 Å². The average Bonchev–Trinajstić information content (AvgIpc) is 3.00. The highest BCUT2D eigenvalue weighted by atomic mass is 16.3. The Kier molecular flexibility index (Phi) is 5.29. The van der Waals surface area contributed by atoms with Gasteiger partial charge in [-0.05, 0) is 19.2 Å². The number of aliphatic imine (C=N–C) groups is 1. The number of piperazine rings is 1. The van der Waals surface area contributed by atoms with Gasteiger partial charge in [0.15, 0.2) is 0 Å². The first kappa shape index (κ1) is 21.6. The highest BCUT2D eigenvalue weighted by molar-refractivity contribution is 5.91. The monoisotopic (exact) mass is 441 g/mol. The van der Waals surface area contributed by atoms with E-state index in [0.29, 0.717) is 11.2 Å². The Balaban J connectivity index is 1.91. The van der Waals surface area contributed by atoms with Gasteiger partial charge in [0.1, 0.15) is 5.56 Å². The summed E-state index contributed by atoms with van der Waals surface area (Å²) < 4.78 is 5.06. The molecule has 0 bridgehead atoms. The average molecular weight is 441 g/mol. The third-order valence-corrected chi connectivity index (χ3v) is 6.21. The van der Waals surface area contributed by atoms with Crippen molar-refractivity contribution in [2.75, 3.05) is 38.1 Å². The fourth-order valence-electron chi connectivity index (χ4n) is 4.03. The number of imidazole rings is 1. The van der Waals surface area contributed by atoms with Crippen LogP contribution in [0.1, 0.15) is 5.56 Å². The molecule has 1 N–H and O–H groups in total. The molecule has 1 saturated heterocycles. The Morgan fingerprint density at radius 2 is 1.38 bits per heavy atom. The number of anilines is 1. The van der Waals surface area contributed by atoms with E-state index in [1.54, 1.807) is 23.2 Å². The highest BCUT2D eigenvalue weighted by Crippen LogP contribution is 2.34. The number of hydrogen-bond donors (Lipinski definition) is 1. The quantitative estimate of drug-likeness (QED) is 0.548. The minimum absolute atomic E-state index is 0.0824. The molecule has 0 amide bonds. The lowest BCUT2D eigenvalue weighted by Crippen LogP contribution is -2.44. The lowest BCUT2D eigenvalue weighted by Gasteiger charge is -2.34. The number of aryl methyl sites for hydroxylation is 2. The Bertz CT molecular complexity index is 1420. The molecule has 0 saturated carbocycles. The van der Waals surface area contributed by atoms with Crippen LogP contribution in [0.5, 0.6) is 5.88 Å². The largest absolute Gasteiger partial charge is 0.494 e. The summed E-state index contributed by atoms with van der Waals surface area (Å²) in [6.07, 6.45) is 1.28. The molecule has 1 aliphatic heterocycles. The molecule has 170 valence electrons. The van der Waals surface area contributed by atoms with E-state index in [4.69, 9.17) is 0 Å². The Labute approximate surface area is 183 Å². The van der Waals surface area contributed by atoms with E-state index >= 15 is 0 Å². The maximum atomic E-state index is 12.6. The van der Waals surface area contributed by atoms with Crippen molar-refractivity contribution in [3.63, 3.8) is 0 Å². The zero-order chi connectivity index (χ0) is 23.3. The van der Waals surface area contributed by atoms with Gasteiger partial charge in [-0.1, -0.05) is 0 Å². The summed E-state index contributed by atoms with van der Waals surface area (Å²) in [6.45, 7) is 3.35. The first-order valence-corrected chi connectivity index (χ1v) is 10.3. The number of aromatic nitrogens is 4. The Morgan fingerprint density at radius 1 is 0.812 bits per heavy atom. The van der Waals surface area contributed by atoms with Gasteiger partial charge in [-0.25, -0.2) is 9.59 Å². The third kappa shape index (κ3) is 3.34.